The molecule has 6 heteroatoms. The minimum atomic E-state index is -0.393. The molecule has 0 aliphatic rings. The number of aromatic amines is 1. The maximum absolute atomic E-state index is 11.1. The van der Waals surface area contributed by atoms with Gasteiger partial charge in [0.2, 0.25) is 5.91 Å². The first-order valence-electron chi connectivity index (χ1n) is 3.82. The Balaban J connectivity index is 2.39. The molecular weight excluding hydrogens is 172 g/mol. The van der Waals surface area contributed by atoms with Gasteiger partial charge in [-0.05, 0) is 0 Å². The van der Waals surface area contributed by atoms with Gasteiger partial charge in [-0.15, -0.1) is 0 Å². The van der Waals surface area contributed by atoms with Gasteiger partial charge in [0.25, 0.3) is 5.91 Å². The minimum absolute atomic E-state index is 0.239. The van der Waals surface area contributed by atoms with Crippen LogP contribution in [0.3, 0.4) is 0 Å². The van der Waals surface area contributed by atoms with Gasteiger partial charge in [0.15, 0.2) is 0 Å². The van der Waals surface area contributed by atoms with Gasteiger partial charge in [-0.25, -0.2) is 0 Å². The van der Waals surface area contributed by atoms with E-state index in [9.17, 15) is 9.59 Å². The SMILES string of the molecule is CCC(=O)NNC(=O)c1cn[nH]c1. The molecule has 0 aliphatic carbocycles. The molecular formula is C7H10N4O2. The fourth-order valence-electron chi connectivity index (χ4n) is 0.662. The Labute approximate surface area is 74.7 Å². The highest BCUT2D eigenvalue weighted by Gasteiger charge is 2.06. The van der Waals surface area contributed by atoms with Crippen molar-refractivity contribution in [1.82, 2.24) is 21.0 Å². The van der Waals surface area contributed by atoms with Crippen molar-refractivity contribution in [2.45, 2.75) is 13.3 Å². The number of carbonyl (C=O) groups excluding carboxylic acids is 2. The van der Waals surface area contributed by atoms with E-state index in [0.717, 1.165) is 0 Å². The van der Waals surface area contributed by atoms with Crippen molar-refractivity contribution in [1.29, 1.82) is 0 Å². The summed E-state index contributed by atoms with van der Waals surface area (Å²) in [6.07, 6.45) is 3.13. The number of H-pyrrole nitrogens is 1. The van der Waals surface area contributed by atoms with Crippen LogP contribution < -0.4 is 10.9 Å². The first-order valence-corrected chi connectivity index (χ1v) is 3.82. The van der Waals surface area contributed by atoms with Gasteiger partial charge in [-0.1, -0.05) is 6.92 Å². The molecule has 0 atom stereocenters. The third-order valence-electron chi connectivity index (χ3n) is 1.40. The minimum Gasteiger partial charge on any atom is -0.285 e. The second-order valence-corrected chi connectivity index (χ2v) is 2.34. The Morgan fingerprint density at radius 3 is 2.85 bits per heavy atom. The zero-order valence-corrected chi connectivity index (χ0v) is 7.13. The lowest BCUT2D eigenvalue weighted by atomic mass is 10.3. The predicted molar refractivity (Wildman–Crippen MR) is 44.5 cm³/mol. The van der Waals surface area contributed by atoms with E-state index >= 15 is 0 Å². The molecule has 1 aromatic heterocycles. The van der Waals surface area contributed by atoms with Crippen molar-refractivity contribution in [2.75, 3.05) is 0 Å². The molecule has 6 nitrogen and oxygen atoms in total. The van der Waals surface area contributed by atoms with Gasteiger partial charge in [-0.3, -0.25) is 25.5 Å². The molecule has 0 aromatic carbocycles. The summed E-state index contributed by atoms with van der Waals surface area (Å²) < 4.78 is 0. The van der Waals surface area contributed by atoms with Gasteiger partial charge >= 0.3 is 0 Å². The first kappa shape index (κ1) is 9.24. The maximum Gasteiger partial charge on any atom is 0.272 e. The quantitative estimate of drug-likeness (QED) is 0.543. The highest BCUT2D eigenvalue weighted by molar-refractivity contribution is 5.94. The zero-order valence-electron chi connectivity index (χ0n) is 7.13. The van der Waals surface area contributed by atoms with Crippen LogP contribution in [0.25, 0.3) is 0 Å². The summed E-state index contributed by atoms with van der Waals surface area (Å²) in [7, 11) is 0. The van der Waals surface area contributed by atoms with Crippen LogP contribution in [0.2, 0.25) is 0 Å². The van der Waals surface area contributed by atoms with Gasteiger partial charge in [0, 0.05) is 12.6 Å². The topological polar surface area (TPSA) is 86.9 Å². The molecule has 13 heavy (non-hydrogen) atoms. The van der Waals surface area contributed by atoms with Crippen molar-refractivity contribution < 1.29 is 9.59 Å². The lowest BCUT2D eigenvalue weighted by molar-refractivity contribution is -0.121. The monoisotopic (exact) mass is 182 g/mol. The summed E-state index contributed by atoms with van der Waals surface area (Å²) in [6.45, 7) is 1.69. The average Bonchev–Trinajstić information content (AvgIpc) is 2.66. The van der Waals surface area contributed by atoms with Crippen LogP contribution in [0.15, 0.2) is 12.4 Å². The summed E-state index contributed by atoms with van der Waals surface area (Å²) in [5.41, 5.74) is 4.85. The molecule has 2 amide bonds. The van der Waals surface area contributed by atoms with E-state index in [2.05, 4.69) is 21.0 Å². The van der Waals surface area contributed by atoms with Crippen molar-refractivity contribution in [3.63, 3.8) is 0 Å². The number of hydrogen-bond acceptors (Lipinski definition) is 3. The molecule has 0 fully saturated rings. The lowest BCUT2D eigenvalue weighted by Crippen LogP contribution is -2.41. The Morgan fingerprint density at radius 1 is 1.54 bits per heavy atom. The van der Waals surface area contributed by atoms with Crippen LogP contribution in [0, 0.1) is 0 Å². The Morgan fingerprint density at radius 2 is 2.31 bits per heavy atom. The molecule has 0 aliphatic heterocycles. The van der Waals surface area contributed by atoms with E-state index in [-0.39, 0.29) is 5.91 Å². The summed E-state index contributed by atoms with van der Waals surface area (Å²) in [5.74, 6) is -0.632. The molecule has 3 N–H and O–H groups in total. The predicted octanol–water partition coefficient (Wildman–Crippen LogP) is -0.419. The van der Waals surface area contributed by atoms with Gasteiger partial charge in [0.1, 0.15) is 0 Å². The summed E-state index contributed by atoms with van der Waals surface area (Å²) in [5, 5.41) is 6.08. The van der Waals surface area contributed by atoms with Crippen molar-refractivity contribution in [2.24, 2.45) is 0 Å². The maximum atomic E-state index is 11.1. The van der Waals surface area contributed by atoms with Crippen LogP contribution in [0.5, 0.6) is 0 Å². The van der Waals surface area contributed by atoms with Gasteiger partial charge in [0.05, 0.1) is 11.8 Å². The second kappa shape index (κ2) is 4.24. The highest BCUT2D eigenvalue weighted by atomic mass is 16.2. The van der Waals surface area contributed by atoms with E-state index in [1.165, 1.54) is 12.4 Å². The zero-order chi connectivity index (χ0) is 9.68. The largest absolute Gasteiger partial charge is 0.285 e. The lowest BCUT2D eigenvalue weighted by Gasteiger charge is -2.03. The smallest absolute Gasteiger partial charge is 0.272 e. The summed E-state index contributed by atoms with van der Waals surface area (Å²) in [4.78, 5) is 21.9. The van der Waals surface area contributed by atoms with Crippen molar-refractivity contribution in [3.05, 3.63) is 18.0 Å². The Bertz CT molecular complexity index is 293. The third kappa shape index (κ3) is 2.58. The van der Waals surface area contributed by atoms with Crippen LogP contribution in [-0.4, -0.2) is 22.0 Å². The Hall–Kier alpha value is -1.85. The van der Waals surface area contributed by atoms with E-state index < -0.39 is 5.91 Å². The molecule has 0 bridgehead atoms. The number of nitrogens with zero attached hydrogens (tertiary/aromatic N) is 1. The van der Waals surface area contributed by atoms with Gasteiger partial charge < -0.3 is 0 Å². The van der Waals surface area contributed by atoms with E-state index in [0.29, 0.717) is 12.0 Å². The average molecular weight is 182 g/mol. The fraction of sp³-hybridized carbons (Fsp3) is 0.286. The molecule has 1 aromatic rings. The number of hydrazine groups is 1. The van der Waals surface area contributed by atoms with E-state index in [4.69, 9.17) is 0 Å². The molecule has 0 radical (unpaired) electrons. The molecule has 1 heterocycles. The summed E-state index contributed by atoms with van der Waals surface area (Å²) in [6, 6.07) is 0. The number of nitrogens with one attached hydrogen (secondary N) is 3. The second-order valence-electron chi connectivity index (χ2n) is 2.34. The molecule has 0 saturated carbocycles. The van der Waals surface area contributed by atoms with Crippen LogP contribution >= 0.6 is 0 Å². The number of rotatable bonds is 2. The number of carbonyl (C=O) groups is 2. The van der Waals surface area contributed by atoms with Crippen LogP contribution in [-0.2, 0) is 4.79 Å². The highest BCUT2D eigenvalue weighted by Crippen LogP contribution is 1.91. The van der Waals surface area contributed by atoms with Crippen LogP contribution in [0.4, 0.5) is 0 Å². The number of aromatic nitrogens is 2. The normalized spacial score (nSPS) is 9.31. The van der Waals surface area contributed by atoms with Gasteiger partial charge in [-0.2, -0.15) is 5.10 Å². The standard InChI is InChI=1S/C7H10N4O2/c1-2-6(12)10-11-7(13)5-3-8-9-4-5/h3-4H,2H2,1H3,(H,8,9)(H,10,12)(H,11,13). The van der Waals surface area contributed by atoms with Crippen molar-refractivity contribution in [3.8, 4) is 0 Å². The molecule has 0 spiro atoms. The fourth-order valence-corrected chi connectivity index (χ4v) is 0.662. The van der Waals surface area contributed by atoms with Crippen molar-refractivity contribution >= 4 is 11.8 Å². The molecule has 0 saturated heterocycles. The number of amides is 2. The molecule has 0 unspecified atom stereocenters. The molecule has 70 valence electrons. The van der Waals surface area contributed by atoms with E-state index in [1.807, 2.05) is 0 Å². The Kier molecular flexibility index (Phi) is 3.02. The van der Waals surface area contributed by atoms with E-state index in [1.54, 1.807) is 6.92 Å². The third-order valence-corrected chi connectivity index (χ3v) is 1.40. The summed E-state index contributed by atoms with van der Waals surface area (Å²) >= 11 is 0. The first-order chi connectivity index (χ1) is 6.24. The van der Waals surface area contributed by atoms with Crippen LogP contribution in [0.1, 0.15) is 23.7 Å². The number of hydrogen-bond donors (Lipinski definition) is 3. The molecule has 1 rings (SSSR count).